The van der Waals surface area contributed by atoms with Gasteiger partial charge in [0.2, 0.25) is 10.0 Å². The smallest absolute Gasteiger partial charge is 0.247 e. The molecule has 0 aromatic heterocycles. The normalized spacial score (nSPS) is 21.5. The number of aliphatic hydroxyl groups is 1. The Morgan fingerprint density at radius 2 is 2.00 bits per heavy atom. The van der Waals surface area contributed by atoms with E-state index in [2.05, 4.69) is 18.9 Å². The zero-order valence-corrected chi connectivity index (χ0v) is 21.0. The quantitative estimate of drug-likeness (QED) is 0.629. The van der Waals surface area contributed by atoms with Crippen LogP contribution in [0.5, 0.6) is 11.5 Å². The molecule has 0 aliphatic carbocycles. The van der Waals surface area contributed by atoms with E-state index in [0.29, 0.717) is 18.0 Å². The maximum atomic E-state index is 13.6. The summed E-state index contributed by atoms with van der Waals surface area (Å²) in [6, 6.07) is 12.3. The highest BCUT2D eigenvalue weighted by Crippen LogP contribution is 2.38. The summed E-state index contributed by atoms with van der Waals surface area (Å²) < 4.78 is 40.6. The topological polar surface area (TPSA) is 79.3 Å². The molecular formula is C25H36N2O5S. The molecule has 1 aliphatic rings. The molecule has 0 spiro atoms. The summed E-state index contributed by atoms with van der Waals surface area (Å²) in [6.45, 7) is 7.50. The van der Waals surface area contributed by atoms with Gasteiger partial charge in [0.1, 0.15) is 22.5 Å². The monoisotopic (exact) mass is 476 g/mol. The van der Waals surface area contributed by atoms with Gasteiger partial charge in [-0.3, -0.25) is 0 Å². The lowest BCUT2D eigenvalue weighted by atomic mass is 10.0. The molecule has 1 heterocycles. The van der Waals surface area contributed by atoms with Gasteiger partial charge in [0.05, 0.1) is 13.7 Å². The molecular weight excluding hydrogens is 440 g/mol. The van der Waals surface area contributed by atoms with Crippen molar-refractivity contribution in [2.24, 2.45) is 5.92 Å². The highest BCUT2D eigenvalue weighted by atomic mass is 32.2. The van der Waals surface area contributed by atoms with Crippen molar-refractivity contribution in [1.29, 1.82) is 0 Å². The van der Waals surface area contributed by atoms with E-state index >= 15 is 0 Å². The van der Waals surface area contributed by atoms with Crippen LogP contribution in [-0.2, 0) is 10.0 Å². The molecule has 33 heavy (non-hydrogen) atoms. The Balaban J connectivity index is 2.14. The second-order valence-corrected chi connectivity index (χ2v) is 10.7. The summed E-state index contributed by atoms with van der Waals surface area (Å²) in [7, 11) is -0.195. The van der Waals surface area contributed by atoms with Crippen molar-refractivity contribution in [1.82, 2.24) is 9.21 Å². The number of likely N-dealkylation sites (N-methyl/N-ethyl adjacent to an activating group) is 1. The molecule has 0 radical (unpaired) electrons. The fourth-order valence-corrected chi connectivity index (χ4v) is 6.10. The lowest BCUT2D eigenvalue weighted by Gasteiger charge is -2.37. The van der Waals surface area contributed by atoms with Gasteiger partial charge in [-0.25, -0.2) is 8.42 Å². The Morgan fingerprint density at radius 1 is 1.27 bits per heavy atom. The van der Waals surface area contributed by atoms with Gasteiger partial charge in [-0.1, -0.05) is 38.1 Å². The number of ether oxygens (including phenoxy) is 2. The Labute approximate surface area is 198 Å². The molecule has 182 valence electrons. The predicted molar refractivity (Wildman–Crippen MR) is 130 cm³/mol. The fourth-order valence-electron chi connectivity index (χ4n) is 4.27. The molecule has 0 unspecified atom stereocenters. The summed E-state index contributed by atoms with van der Waals surface area (Å²) in [5, 5.41) is 9.79. The van der Waals surface area contributed by atoms with Gasteiger partial charge in [-0.2, -0.15) is 4.31 Å². The highest BCUT2D eigenvalue weighted by molar-refractivity contribution is 7.89. The zero-order chi connectivity index (χ0) is 24.2. The Kier molecular flexibility index (Phi) is 8.39. The SMILES string of the molecule is CCCN(C)C[C@@H]1Oc2cc(-c3ccccc3OC)ccc2S(=O)(=O)N([C@@H](C)CO)C[C@@H]1C. The summed E-state index contributed by atoms with van der Waals surface area (Å²) in [4.78, 5) is 2.33. The van der Waals surface area contributed by atoms with E-state index in [1.54, 1.807) is 32.2 Å². The molecule has 8 heteroatoms. The van der Waals surface area contributed by atoms with Gasteiger partial charge in [0.25, 0.3) is 0 Å². The van der Waals surface area contributed by atoms with Gasteiger partial charge >= 0.3 is 0 Å². The molecule has 0 saturated carbocycles. The summed E-state index contributed by atoms with van der Waals surface area (Å²) in [5.41, 5.74) is 1.68. The van der Waals surface area contributed by atoms with Gasteiger partial charge in [-0.05, 0) is 50.7 Å². The second-order valence-electron chi connectivity index (χ2n) is 8.86. The average Bonchev–Trinajstić information content (AvgIpc) is 2.80. The lowest BCUT2D eigenvalue weighted by molar-refractivity contribution is 0.0753. The Bertz CT molecular complexity index is 1040. The zero-order valence-electron chi connectivity index (χ0n) is 20.2. The van der Waals surface area contributed by atoms with Crippen LogP contribution >= 0.6 is 0 Å². The molecule has 0 saturated heterocycles. The number of fused-ring (bicyclic) bond motifs is 1. The number of hydrogen-bond acceptors (Lipinski definition) is 6. The third-order valence-electron chi connectivity index (χ3n) is 6.18. The van der Waals surface area contributed by atoms with Crippen LogP contribution in [0.3, 0.4) is 0 Å². The fraction of sp³-hybridized carbons (Fsp3) is 0.520. The minimum Gasteiger partial charge on any atom is -0.496 e. The Hall–Kier alpha value is -2.13. The van der Waals surface area contributed by atoms with Gasteiger partial charge in [0.15, 0.2) is 0 Å². The molecule has 2 aromatic carbocycles. The maximum Gasteiger partial charge on any atom is 0.247 e. The summed E-state index contributed by atoms with van der Waals surface area (Å²) in [6.07, 6.45) is 0.811. The summed E-state index contributed by atoms with van der Waals surface area (Å²) in [5.74, 6) is 0.959. The minimum atomic E-state index is -3.86. The van der Waals surface area contributed by atoms with Crippen LogP contribution < -0.4 is 9.47 Å². The van der Waals surface area contributed by atoms with E-state index in [-0.39, 0.29) is 30.1 Å². The molecule has 3 rings (SSSR count). The third kappa shape index (κ3) is 5.51. The first kappa shape index (κ1) is 25.5. The van der Waals surface area contributed by atoms with Gasteiger partial charge < -0.3 is 19.5 Å². The third-order valence-corrected chi connectivity index (χ3v) is 8.20. The van der Waals surface area contributed by atoms with Crippen LogP contribution in [0, 0.1) is 5.92 Å². The molecule has 0 amide bonds. The first-order valence-electron chi connectivity index (χ1n) is 11.5. The van der Waals surface area contributed by atoms with E-state index in [4.69, 9.17) is 9.47 Å². The molecule has 1 aliphatic heterocycles. The average molecular weight is 477 g/mol. The van der Waals surface area contributed by atoms with Crippen molar-refractivity contribution in [2.45, 2.75) is 44.2 Å². The van der Waals surface area contributed by atoms with Crippen molar-refractivity contribution >= 4 is 10.0 Å². The number of para-hydroxylation sites is 1. The lowest BCUT2D eigenvalue weighted by Crippen LogP contribution is -2.49. The van der Waals surface area contributed by atoms with Crippen LogP contribution in [0.25, 0.3) is 11.1 Å². The van der Waals surface area contributed by atoms with Crippen LogP contribution in [-0.4, -0.2) is 75.3 Å². The van der Waals surface area contributed by atoms with Crippen LogP contribution in [0.1, 0.15) is 27.2 Å². The van der Waals surface area contributed by atoms with Crippen LogP contribution in [0.15, 0.2) is 47.4 Å². The highest BCUT2D eigenvalue weighted by Gasteiger charge is 2.38. The number of sulfonamides is 1. The molecule has 2 aromatic rings. The minimum absolute atomic E-state index is 0.0730. The number of nitrogens with zero attached hydrogens (tertiary/aromatic N) is 2. The number of rotatable bonds is 8. The van der Waals surface area contributed by atoms with Crippen molar-refractivity contribution in [2.75, 3.05) is 40.4 Å². The maximum absolute atomic E-state index is 13.6. The molecule has 0 bridgehead atoms. The van der Waals surface area contributed by atoms with E-state index < -0.39 is 16.1 Å². The molecule has 7 nitrogen and oxygen atoms in total. The largest absolute Gasteiger partial charge is 0.496 e. The van der Waals surface area contributed by atoms with E-state index in [1.807, 2.05) is 31.2 Å². The van der Waals surface area contributed by atoms with Crippen molar-refractivity contribution in [3.63, 3.8) is 0 Å². The number of benzene rings is 2. The first-order chi connectivity index (χ1) is 15.7. The predicted octanol–water partition coefficient (Wildman–Crippen LogP) is 3.47. The van der Waals surface area contributed by atoms with Gasteiger partial charge in [-0.15, -0.1) is 0 Å². The van der Waals surface area contributed by atoms with Crippen LogP contribution in [0.4, 0.5) is 0 Å². The Morgan fingerprint density at radius 3 is 2.67 bits per heavy atom. The van der Waals surface area contributed by atoms with Crippen molar-refractivity contribution in [3.05, 3.63) is 42.5 Å². The van der Waals surface area contributed by atoms with E-state index in [1.165, 1.54) is 4.31 Å². The van der Waals surface area contributed by atoms with Gasteiger partial charge in [0, 0.05) is 30.6 Å². The second kappa shape index (κ2) is 10.9. The van der Waals surface area contributed by atoms with Crippen molar-refractivity contribution in [3.8, 4) is 22.6 Å². The van der Waals surface area contributed by atoms with Crippen LogP contribution in [0.2, 0.25) is 0 Å². The number of aliphatic hydroxyl groups excluding tert-OH is 1. The van der Waals surface area contributed by atoms with E-state index in [0.717, 1.165) is 24.1 Å². The number of methoxy groups -OCH3 is 1. The molecule has 1 N–H and O–H groups in total. The standard InChI is InChI=1S/C25H36N2O5S/c1-6-13-26(4)16-24-18(2)15-27(19(3)17-28)33(29,30)25-12-11-20(14-23(25)32-24)21-9-7-8-10-22(21)31-5/h7-12,14,18-19,24,28H,6,13,15-17H2,1-5H3/t18-,19-,24-/m0/s1. The van der Waals surface area contributed by atoms with Crippen molar-refractivity contribution < 1.29 is 23.0 Å². The molecule has 3 atom stereocenters. The first-order valence-corrected chi connectivity index (χ1v) is 12.9. The number of hydrogen-bond donors (Lipinski definition) is 1. The summed E-state index contributed by atoms with van der Waals surface area (Å²) >= 11 is 0. The molecule has 0 fully saturated rings. The van der Waals surface area contributed by atoms with E-state index in [9.17, 15) is 13.5 Å².